The largest absolute Gasteiger partial charge is 0.505 e. The first-order valence-electron chi connectivity index (χ1n) is 9.73. The van der Waals surface area contributed by atoms with E-state index in [0.717, 1.165) is 6.42 Å². The molecule has 1 aliphatic heterocycles. The van der Waals surface area contributed by atoms with Crippen molar-refractivity contribution in [1.82, 2.24) is 4.90 Å². The molecular weight excluding hydrogens is 385 g/mol. The third-order valence-electron chi connectivity index (χ3n) is 5.23. The average Bonchev–Trinajstić information content (AvgIpc) is 3.06. The van der Waals surface area contributed by atoms with Crippen molar-refractivity contribution in [3.8, 4) is 5.75 Å². The summed E-state index contributed by atoms with van der Waals surface area (Å²) in [7, 11) is 5.85. The first-order chi connectivity index (χ1) is 14.4. The number of likely N-dealkylation sites (tertiary alicyclic amines) is 1. The Bertz CT molecular complexity index is 1190. The molecule has 0 atom stereocenters. The summed E-state index contributed by atoms with van der Waals surface area (Å²) in [6, 6.07) is 6.32. The van der Waals surface area contributed by atoms with Crippen LogP contribution in [-0.2, 0) is 13.0 Å². The summed E-state index contributed by atoms with van der Waals surface area (Å²) in [4.78, 5) is 38.2. The molecule has 1 amide bonds. The predicted octanol–water partition coefficient (Wildman–Crippen LogP) is 1.14. The van der Waals surface area contributed by atoms with Gasteiger partial charge in [-0.05, 0) is 24.6 Å². The predicted molar refractivity (Wildman–Crippen MR) is 114 cm³/mol. The number of aryl methyl sites for hydroxylation is 1. The van der Waals surface area contributed by atoms with Crippen molar-refractivity contribution in [2.75, 3.05) is 23.7 Å². The van der Waals surface area contributed by atoms with Crippen molar-refractivity contribution in [2.45, 2.75) is 26.3 Å². The second-order valence-electron chi connectivity index (χ2n) is 7.18. The van der Waals surface area contributed by atoms with Gasteiger partial charge in [0, 0.05) is 19.5 Å². The van der Waals surface area contributed by atoms with Crippen LogP contribution < -0.4 is 27.0 Å². The van der Waals surface area contributed by atoms with Crippen LogP contribution in [0.15, 0.2) is 38.3 Å². The Kier molecular flexibility index (Phi) is 5.11. The van der Waals surface area contributed by atoms with Crippen LogP contribution in [0.25, 0.3) is 0 Å². The van der Waals surface area contributed by atoms with E-state index in [2.05, 4.69) is 10.6 Å². The first kappa shape index (κ1) is 19.8. The fourth-order valence-corrected chi connectivity index (χ4v) is 3.36. The molecule has 1 fully saturated rings. The van der Waals surface area contributed by atoms with Gasteiger partial charge in [0.25, 0.3) is 16.8 Å². The molecule has 3 N–H and O–H groups in total. The van der Waals surface area contributed by atoms with Gasteiger partial charge >= 0.3 is 0 Å². The van der Waals surface area contributed by atoms with Crippen LogP contribution in [0, 0.1) is 0 Å². The molecule has 2 heterocycles. The van der Waals surface area contributed by atoms with Crippen LogP contribution in [0.5, 0.6) is 5.75 Å². The minimum Gasteiger partial charge on any atom is -0.505 e. The molecule has 1 aliphatic rings. The van der Waals surface area contributed by atoms with E-state index in [9.17, 15) is 19.5 Å². The van der Waals surface area contributed by atoms with Crippen LogP contribution >= 0.6 is 0 Å². The Labute approximate surface area is 173 Å². The summed E-state index contributed by atoms with van der Waals surface area (Å²) in [5.41, 5.74) is -0.403. The Balaban J connectivity index is 1.53. The van der Waals surface area contributed by atoms with E-state index >= 15 is 0 Å². The molecule has 0 aliphatic carbocycles. The lowest BCUT2D eigenvalue weighted by atomic mass is 9.95. The molecule has 0 unspecified atom stereocenters. The number of rotatable bonds is 7. The van der Waals surface area contributed by atoms with Crippen LogP contribution in [-0.4, -0.2) is 36.8 Å². The summed E-state index contributed by atoms with van der Waals surface area (Å²) in [6.07, 6.45) is 1.58. The normalized spacial score (nSPS) is 13.3. The highest BCUT2D eigenvalue weighted by Gasteiger charge is 2.26. The van der Waals surface area contributed by atoms with E-state index < -0.39 is 10.9 Å². The fraction of sp³-hybridized carbons (Fsp3) is 0.286. The molecule has 0 spiro atoms. The molecule has 3 aromatic rings. The zero-order valence-corrected chi connectivity index (χ0v) is 16.4. The van der Waals surface area contributed by atoms with E-state index in [1.165, 1.54) is 12.1 Å². The molecule has 152 valence electrons. The number of phenolic OH excluding ortho intramolecular Hbond substituents is 1. The fourth-order valence-electron chi connectivity index (χ4n) is 3.36. The maximum absolute atomic E-state index is 12.4. The van der Waals surface area contributed by atoms with Crippen molar-refractivity contribution in [2.24, 2.45) is 0 Å². The Morgan fingerprint density at radius 1 is 1.23 bits per heavy atom. The summed E-state index contributed by atoms with van der Waals surface area (Å²) in [5, 5.41) is 16.2. The highest BCUT2D eigenvalue weighted by Crippen LogP contribution is 2.32. The minimum absolute atomic E-state index is 0.0269. The van der Waals surface area contributed by atoms with E-state index in [-0.39, 0.29) is 40.8 Å². The maximum atomic E-state index is 12.4. The molecule has 30 heavy (non-hydrogen) atoms. The van der Waals surface area contributed by atoms with Crippen LogP contribution in [0.4, 0.5) is 17.1 Å². The number of amides is 1. The van der Waals surface area contributed by atoms with Crippen molar-refractivity contribution in [1.29, 1.82) is 0 Å². The number of carbonyl (C=O) groups excluding carboxylic acids is 1. The smallest absolute Gasteiger partial charge is 0.257 e. The van der Waals surface area contributed by atoms with E-state index in [0.29, 0.717) is 36.5 Å². The van der Waals surface area contributed by atoms with Gasteiger partial charge in [0.05, 0.1) is 23.6 Å². The highest BCUT2D eigenvalue weighted by atomic mass is 16.3. The van der Waals surface area contributed by atoms with Gasteiger partial charge in [-0.25, -0.2) is 0 Å². The molecule has 4 rings (SSSR count). The van der Waals surface area contributed by atoms with Gasteiger partial charge in [-0.3, -0.25) is 14.4 Å². The van der Waals surface area contributed by atoms with Crippen molar-refractivity contribution >= 4 is 36.3 Å². The lowest BCUT2D eigenvalue weighted by molar-refractivity contribution is 0.0649. The summed E-state index contributed by atoms with van der Waals surface area (Å²) in [5.74, 6) is 0.657. The summed E-state index contributed by atoms with van der Waals surface area (Å²) >= 11 is 0. The van der Waals surface area contributed by atoms with Gasteiger partial charge in [0.1, 0.15) is 25.0 Å². The number of para-hydroxylation sites is 1. The number of furan rings is 1. The van der Waals surface area contributed by atoms with E-state index in [1.54, 1.807) is 17.0 Å². The molecule has 0 saturated carbocycles. The zero-order chi connectivity index (χ0) is 21.4. The topological polar surface area (TPSA) is 112 Å². The van der Waals surface area contributed by atoms with Gasteiger partial charge in [-0.15, -0.1) is 0 Å². The van der Waals surface area contributed by atoms with Gasteiger partial charge < -0.3 is 25.1 Å². The molecule has 8 nitrogen and oxygen atoms in total. The molecule has 1 aromatic heterocycles. The maximum Gasteiger partial charge on any atom is 0.257 e. The molecule has 0 bridgehead atoms. The third kappa shape index (κ3) is 3.36. The second kappa shape index (κ2) is 7.74. The quantitative estimate of drug-likeness (QED) is 0.307. The summed E-state index contributed by atoms with van der Waals surface area (Å²) < 4.78 is 5.59. The number of nitrogens with zero attached hydrogens (tertiary/aromatic N) is 1. The number of carbonyl (C=O) groups is 1. The SMILES string of the molecule is [B]c1cc(CNc2c(Nc3cccc(C(=O)N4CCC4)c3O)c(=O)c2=O)oc1CC. The van der Waals surface area contributed by atoms with E-state index in [4.69, 9.17) is 12.3 Å². The summed E-state index contributed by atoms with van der Waals surface area (Å²) in [6.45, 7) is 3.39. The number of hydrogen-bond donors (Lipinski definition) is 3. The zero-order valence-electron chi connectivity index (χ0n) is 16.4. The number of nitrogens with one attached hydrogen (secondary N) is 2. The number of phenols is 1. The van der Waals surface area contributed by atoms with E-state index in [1.807, 2.05) is 6.92 Å². The van der Waals surface area contributed by atoms with Crippen molar-refractivity contribution in [3.05, 3.63) is 61.8 Å². The number of hydrogen-bond acceptors (Lipinski definition) is 7. The van der Waals surface area contributed by atoms with Crippen LogP contribution in [0.2, 0.25) is 0 Å². The third-order valence-corrected chi connectivity index (χ3v) is 5.23. The first-order valence-corrected chi connectivity index (χ1v) is 9.73. The molecule has 1 saturated heterocycles. The number of benzene rings is 1. The Hall–Kier alpha value is -3.49. The van der Waals surface area contributed by atoms with Gasteiger partial charge in [-0.1, -0.05) is 18.5 Å². The van der Waals surface area contributed by atoms with Crippen molar-refractivity contribution < 1.29 is 14.3 Å². The lowest BCUT2D eigenvalue weighted by Gasteiger charge is -2.31. The van der Waals surface area contributed by atoms with Crippen molar-refractivity contribution in [3.63, 3.8) is 0 Å². The van der Waals surface area contributed by atoms with Gasteiger partial charge in [-0.2, -0.15) is 0 Å². The number of anilines is 3. The molecular formula is C21H20BN3O5. The van der Waals surface area contributed by atoms with Gasteiger partial charge in [0.15, 0.2) is 5.75 Å². The molecule has 2 aromatic carbocycles. The van der Waals surface area contributed by atoms with Crippen LogP contribution in [0.3, 0.4) is 0 Å². The lowest BCUT2D eigenvalue weighted by Crippen LogP contribution is -2.42. The molecule has 2 radical (unpaired) electrons. The monoisotopic (exact) mass is 405 g/mol. The Morgan fingerprint density at radius 3 is 2.60 bits per heavy atom. The highest BCUT2D eigenvalue weighted by molar-refractivity contribution is 6.33. The second-order valence-corrected chi connectivity index (χ2v) is 7.18. The molecule has 9 heteroatoms. The average molecular weight is 405 g/mol. The van der Waals surface area contributed by atoms with Crippen LogP contribution in [0.1, 0.15) is 35.2 Å². The minimum atomic E-state index is -0.704. The van der Waals surface area contributed by atoms with Gasteiger partial charge in [0.2, 0.25) is 0 Å². The Morgan fingerprint density at radius 2 is 1.97 bits per heavy atom. The standard InChI is InChI=1S/C21H20BN3O5/c1-2-15-13(22)9-11(30-15)10-23-16-17(20(28)19(16)27)24-14-6-3-5-12(18(14)26)21(29)25-7-4-8-25/h3,5-6,9,23-24,26H,2,4,7-8,10H2,1H3. The number of aromatic hydroxyl groups is 1.